The van der Waals surface area contributed by atoms with Crippen molar-refractivity contribution >= 4 is 22.7 Å². The van der Waals surface area contributed by atoms with Crippen LogP contribution in [0, 0.1) is 5.82 Å². The number of hydrogen-bond acceptors (Lipinski definition) is 6. The predicted octanol–water partition coefficient (Wildman–Crippen LogP) is 6.98. The van der Waals surface area contributed by atoms with E-state index in [1.165, 1.54) is 19.2 Å². The zero-order valence-electron chi connectivity index (χ0n) is 23.5. The van der Waals surface area contributed by atoms with Gasteiger partial charge in [0.2, 0.25) is 0 Å². The molecule has 0 saturated heterocycles. The zero-order valence-corrected chi connectivity index (χ0v) is 23.5. The number of carbonyl (C=O) groups excluding carboxylic acids is 2. The average molecular weight is 565 g/mol. The van der Waals surface area contributed by atoms with Gasteiger partial charge in [0.1, 0.15) is 28.7 Å². The van der Waals surface area contributed by atoms with Crippen LogP contribution < -0.4 is 14.8 Å². The fourth-order valence-corrected chi connectivity index (χ4v) is 5.52. The summed E-state index contributed by atoms with van der Waals surface area (Å²) in [6, 6.07) is 20.5. The van der Waals surface area contributed by atoms with Crippen LogP contribution in [0.1, 0.15) is 45.7 Å². The molecule has 5 aromatic rings. The maximum atomic E-state index is 13.8. The first-order valence-electron chi connectivity index (χ1n) is 13.6. The molecular formula is C34H29FN2O5. The molecule has 42 heavy (non-hydrogen) atoms. The Bertz CT molecular complexity index is 1810. The van der Waals surface area contributed by atoms with Crippen molar-refractivity contribution in [3.05, 3.63) is 102 Å². The highest BCUT2D eigenvalue weighted by molar-refractivity contribution is 6.12. The molecular weight excluding hydrogens is 535 g/mol. The Kier molecular flexibility index (Phi) is 6.98. The number of Topliss-reactive ketones (excluding diaryl/α,β-unsaturated/α-hetero) is 1. The van der Waals surface area contributed by atoms with Crippen molar-refractivity contribution < 1.29 is 27.9 Å². The number of hydrogen-bond donors (Lipinski definition) is 1. The third kappa shape index (κ3) is 4.79. The second-order valence-corrected chi connectivity index (χ2v) is 10.5. The van der Waals surface area contributed by atoms with Crippen molar-refractivity contribution in [1.29, 1.82) is 0 Å². The van der Waals surface area contributed by atoms with Gasteiger partial charge < -0.3 is 19.2 Å². The highest BCUT2D eigenvalue weighted by Gasteiger charge is 2.47. The molecule has 1 N–H and O–H groups in total. The van der Waals surface area contributed by atoms with Gasteiger partial charge in [-0.3, -0.25) is 14.6 Å². The number of rotatable bonds is 9. The second-order valence-electron chi connectivity index (χ2n) is 10.5. The molecule has 1 saturated carbocycles. The Labute approximate surface area is 242 Å². The van der Waals surface area contributed by atoms with E-state index in [0.717, 1.165) is 24.1 Å². The normalized spacial score (nSPS) is 13.5. The quantitative estimate of drug-likeness (QED) is 0.194. The number of halogens is 1. The van der Waals surface area contributed by atoms with E-state index in [-0.39, 0.29) is 22.9 Å². The van der Waals surface area contributed by atoms with Gasteiger partial charge in [-0.25, -0.2) is 4.39 Å². The fourth-order valence-electron chi connectivity index (χ4n) is 5.52. The van der Waals surface area contributed by atoms with Gasteiger partial charge in [-0.15, -0.1) is 0 Å². The number of methoxy groups -OCH3 is 2. The molecule has 6 rings (SSSR count). The molecule has 0 radical (unpaired) electrons. The lowest BCUT2D eigenvalue weighted by Crippen LogP contribution is -2.18. The monoisotopic (exact) mass is 564 g/mol. The lowest BCUT2D eigenvalue weighted by Gasteiger charge is -2.17. The van der Waals surface area contributed by atoms with E-state index in [0.29, 0.717) is 56.9 Å². The van der Waals surface area contributed by atoms with Crippen LogP contribution in [0.3, 0.4) is 0 Å². The summed E-state index contributed by atoms with van der Waals surface area (Å²) in [6.45, 7) is 0. The maximum Gasteiger partial charge on any atom is 0.255 e. The van der Waals surface area contributed by atoms with Crippen LogP contribution in [0.4, 0.5) is 4.39 Å². The SMILES string of the molecule is CNC(=O)c1c(-c2ccc(F)cc2)oc2ccc(-c3cc(C(=O)CC4(c5ccccn5)CC4)c(OC)cc3OC)cc12. The number of nitrogens with one attached hydrogen (secondary N) is 1. The summed E-state index contributed by atoms with van der Waals surface area (Å²) >= 11 is 0. The van der Waals surface area contributed by atoms with Gasteiger partial charge in [-0.2, -0.15) is 0 Å². The maximum absolute atomic E-state index is 13.8. The van der Waals surface area contributed by atoms with Gasteiger partial charge in [0, 0.05) is 53.4 Å². The topological polar surface area (TPSA) is 90.7 Å². The third-order valence-corrected chi connectivity index (χ3v) is 7.94. The Morgan fingerprint density at radius 2 is 1.69 bits per heavy atom. The van der Waals surface area contributed by atoms with E-state index in [2.05, 4.69) is 10.3 Å². The molecule has 0 spiro atoms. The molecule has 1 aliphatic rings. The number of amides is 1. The highest BCUT2D eigenvalue weighted by Crippen LogP contribution is 2.51. The van der Waals surface area contributed by atoms with Gasteiger partial charge in [-0.05, 0) is 73.0 Å². The van der Waals surface area contributed by atoms with E-state index in [4.69, 9.17) is 13.9 Å². The molecule has 7 nitrogen and oxygen atoms in total. The van der Waals surface area contributed by atoms with Crippen molar-refractivity contribution in [2.24, 2.45) is 0 Å². The van der Waals surface area contributed by atoms with E-state index in [1.54, 1.807) is 50.7 Å². The predicted molar refractivity (Wildman–Crippen MR) is 158 cm³/mol. The summed E-state index contributed by atoms with van der Waals surface area (Å²) in [6.07, 6.45) is 3.87. The number of aromatic nitrogens is 1. The fraction of sp³-hybridized carbons (Fsp3) is 0.206. The van der Waals surface area contributed by atoms with E-state index >= 15 is 0 Å². The molecule has 2 heterocycles. The van der Waals surface area contributed by atoms with Crippen molar-refractivity contribution in [2.45, 2.75) is 24.7 Å². The Morgan fingerprint density at radius 3 is 2.33 bits per heavy atom. The summed E-state index contributed by atoms with van der Waals surface area (Å²) in [5.74, 6) is 0.496. The van der Waals surface area contributed by atoms with Gasteiger partial charge in [0.25, 0.3) is 5.91 Å². The highest BCUT2D eigenvalue weighted by atomic mass is 19.1. The second kappa shape index (κ2) is 10.8. The first-order chi connectivity index (χ1) is 20.4. The van der Waals surface area contributed by atoms with Crippen LogP contribution >= 0.6 is 0 Å². The standard InChI is InChI=1S/C34H29FN2O5/c1-36-33(39)31-25-16-21(9-12-27(25)42-32(31)20-7-10-22(35)11-8-20)23-17-24(29(41-3)18-28(23)40-2)26(38)19-34(13-14-34)30-6-4-5-15-37-30/h4-12,15-18H,13-14,19H2,1-3H3,(H,36,39). The Balaban J connectivity index is 1.45. The minimum absolute atomic E-state index is 0.0482. The van der Waals surface area contributed by atoms with Crippen molar-refractivity contribution in [1.82, 2.24) is 10.3 Å². The van der Waals surface area contributed by atoms with Crippen LogP contribution in [-0.4, -0.2) is 37.9 Å². The van der Waals surface area contributed by atoms with Crippen molar-refractivity contribution in [3.8, 4) is 33.9 Å². The Hall–Kier alpha value is -4.98. The van der Waals surface area contributed by atoms with E-state index in [1.807, 2.05) is 30.3 Å². The van der Waals surface area contributed by atoms with Gasteiger partial charge >= 0.3 is 0 Å². The van der Waals surface area contributed by atoms with Crippen LogP contribution in [-0.2, 0) is 5.41 Å². The molecule has 1 fully saturated rings. The molecule has 0 unspecified atom stereocenters. The van der Waals surface area contributed by atoms with E-state index < -0.39 is 0 Å². The van der Waals surface area contributed by atoms with Gasteiger partial charge in [0.05, 0.1) is 25.3 Å². The molecule has 8 heteroatoms. The van der Waals surface area contributed by atoms with Gasteiger partial charge in [0.15, 0.2) is 5.78 Å². The number of benzene rings is 3. The summed E-state index contributed by atoms with van der Waals surface area (Å²) in [7, 11) is 4.63. The summed E-state index contributed by atoms with van der Waals surface area (Å²) < 4.78 is 31.1. The van der Waals surface area contributed by atoms with Crippen molar-refractivity contribution in [2.75, 3.05) is 21.3 Å². The molecule has 212 valence electrons. The first-order valence-corrected chi connectivity index (χ1v) is 13.6. The number of nitrogens with zero attached hydrogens (tertiary/aromatic N) is 1. The number of pyridine rings is 1. The van der Waals surface area contributed by atoms with Crippen LogP contribution in [0.25, 0.3) is 33.4 Å². The Morgan fingerprint density at radius 1 is 0.952 bits per heavy atom. The van der Waals surface area contributed by atoms with Crippen LogP contribution in [0.2, 0.25) is 0 Å². The van der Waals surface area contributed by atoms with Crippen LogP contribution in [0.15, 0.2) is 83.4 Å². The molecule has 1 aliphatic carbocycles. The minimum Gasteiger partial charge on any atom is -0.496 e. The van der Waals surface area contributed by atoms with Gasteiger partial charge in [-0.1, -0.05) is 12.1 Å². The number of carbonyl (C=O) groups is 2. The molecule has 1 amide bonds. The lowest BCUT2D eigenvalue weighted by atomic mass is 9.90. The number of furan rings is 1. The molecule has 2 aromatic heterocycles. The smallest absolute Gasteiger partial charge is 0.255 e. The lowest BCUT2D eigenvalue weighted by molar-refractivity contribution is 0.0957. The summed E-state index contributed by atoms with van der Waals surface area (Å²) in [5, 5.41) is 3.25. The average Bonchev–Trinajstić information content (AvgIpc) is 3.71. The zero-order chi connectivity index (χ0) is 29.4. The minimum atomic E-state index is -0.386. The summed E-state index contributed by atoms with van der Waals surface area (Å²) in [4.78, 5) is 31.4. The van der Waals surface area contributed by atoms with Crippen molar-refractivity contribution in [3.63, 3.8) is 0 Å². The largest absolute Gasteiger partial charge is 0.496 e. The summed E-state index contributed by atoms with van der Waals surface area (Å²) in [5.41, 5.74) is 3.89. The molecule has 3 aromatic carbocycles. The third-order valence-electron chi connectivity index (χ3n) is 7.94. The number of fused-ring (bicyclic) bond motifs is 1. The first kappa shape index (κ1) is 27.2. The number of ether oxygens (including phenoxy) is 2. The van der Waals surface area contributed by atoms with Crippen LogP contribution in [0.5, 0.6) is 11.5 Å². The molecule has 0 aliphatic heterocycles. The number of ketones is 1. The molecule has 0 atom stereocenters. The van der Waals surface area contributed by atoms with E-state index in [9.17, 15) is 14.0 Å². The molecule has 0 bridgehead atoms.